The Kier molecular flexibility index (Phi) is 34.2. The summed E-state index contributed by atoms with van der Waals surface area (Å²) in [6, 6.07) is -8.91. The zero-order chi connectivity index (χ0) is 54.2. The van der Waals surface area contributed by atoms with Crippen LogP contribution in [-0.4, -0.2) is 216 Å². The molecule has 13 amide bonds. The van der Waals surface area contributed by atoms with Gasteiger partial charge in [-0.25, -0.2) is 4.79 Å². The number of nitrogens with one attached hydrogen (secondary N) is 13. The van der Waals surface area contributed by atoms with E-state index in [2.05, 4.69) is 158 Å². The number of thiol groups is 7. The van der Waals surface area contributed by atoms with Crippen LogP contribution in [0.2, 0.25) is 0 Å². The van der Waals surface area contributed by atoms with Crippen molar-refractivity contribution in [3.8, 4) is 0 Å². The maximum absolute atomic E-state index is 12.8. The molecule has 0 aromatic heterocycles. The minimum absolute atomic E-state index is 0.0981. The van der Waals surface area contributed by atoms with Crippen molar-refractivity contribution in [2.75, 3.05) is 86.1 Å². The molecule has 0 radical (unpaired) electrons. The number of carbonyl (C=O) groups excluding carboxylic acids is 13. The molecule has 16 N–H and O–H groups in total. The van der Waals surface area contributed by atoms with Crippen molar-refractivity contribution in [1.82, 2.24) is 69.1 Å². The van der Waals surface area contributed by atoms with Crippen LogP contribution in [0, 0.1) is 0 Å². The third-order valence-electron chi connectivity index (χ3n) is 8.55. The summed E-state index contributed by atoms with van der Waals surface area (Å²) < 4.78 is 0. The Labute approximate surface area is 444 Å². The number of aliphatic carboxylic acids is 1. The molecule has 0 fully saturated rings. The lowest BCUT2D eigenvalue weighted by Gasteiger charge is -2.20. The fraction of sp³-hybridized carbons (Fsp3) is 0.600. The van der Waals surface area contributed by atoms with Crippen LogP contribution in [0.15, 0.2) is 0 Å². The standard InChI is InChI=1S/C35H58N14O15S7/c36-1-22(50)43-15(8-65)29(57)37-2-23(51)44-16(9-66)30(58)38-3-24(52)45-17(10-67)31(59)39-4-25(53)46-18(11-68)32(60)40-5-26(54)47-19(12-69)33(61)41-6-27(55)48-20(13-70)34(62)42-7-28(56)49-21(14-71)35(63)64/h15-21,65-71H,1-14,36H2,(H,37,57)(H,38,58)(H,39,59)(H,40,60)(H,41,61)(H,42,62)(H,43,50)(H,44,51)(H,45,52)(H,46,53)(H,47,54)(H,48,55)(H,49,56)(H,63,64)/t15-,16-,17-,18-,19-,20-,21-/m0/s1. The van der Waals surface area contributed by atoms with Crippen LogP contribution in [-0.2, 0) is 67.1 Å². The lowest BCUT2D eigenvalue weighted by molar-refractivity contribution is -0.141. The lowest BCUT2D eigenvalue weighted by atomic mass is 10.2. The van der Waals surface area contributed by atoms with Crippen LogP contribution in [0.1, 0.15) is 0 Å². The van der Waals surface area contributed by atoms with E-state index in [0.717, 1.165) is 0 Å². The van der Waals surface area contributed by atoms with Crippen LogP contribution in [0.25, 0.3) is 0 Å². The number of rotatable bonds is 34. The van der Waals surface area contributed by atoms with Crippen LogP contribution in [0.3, 0.4) is 0 Å². The van der Waals surface area contributed by atoms with E-state index in [4.69, 9.17) is 10.8 Å². The number of carbonyl (C=O) groups is 14. The van der Waals surface area contributed by atoms with Gasteiger partial charge in [0, 0.05) is 40.3 Å². The Balaban J connectivity index is 4.89. The van der Waals surface area contributed by atoms with Gasteiger partial charge in [-0.3, -0.25) is 62.3 Å². The normalized spacial score (nSPS) is 13.5. The van der Waals surface area contributed by atoms with E-state index in [9.17, 15) is 67.1 Å². The van der Waals surface area contributed by atoms with Gasteiger partial charge in [0.05, 0.1) is 45.8 Å². The predicted molar refractivity (Wildman–Crippen MR) is 275 cm³/mol. The van der Waals surface area contributed by atoms with Crippen LogP contribution >= 0.6 is 88.4 Å². The first-order valence-electron chi connectivity index (χ1n) is 20.4. The number of hydrogen-bond acceptors (Lipinski definition) is 22. The summed E-state index contributed by atoms with van der Waals surface area (Å²) in [5.74, 6) is -13.9. The SMILES string of the molecule is NCC(=O)N[C@@H](CS)C(=O)NCC(=O)N[C@@H](CS)C(=O)NCC(=O)N[C@@H](CS)C(=O)NCC(=O)N[C@@H](CS)C(=O)NCC(=O)N[C@@H](CS)C(=O)NCC(=O)N[C@@H](CS)C(=O)NCC(=O)N[C@@H](CS)C(=O)O. The summed E-state index contributed by atoms with van der Waals surface area (Å²) >= 11 is 27.8. The topological polar surface area (TPSA) is 442 Å². The molecule has 0 bridgehead atoms. The molecular formula is C35H58N14O15S7. The van der Waals surface area contributed by atoms with Crippen molar-refractivity contribution in [3.05, 3.63) is 0 Å². The van der Waals surface area contributed by atoms with Crippen molar-refractivity contribution < 1.29 is 72.2 Å². The highest BCUT2D eigenvalue weighted by Crippen LogP contribution is 1.96. The van der Waals surface area contributed by atoms with Gasteiger partial charge in [-0.05, 0) is 0 Å². The molecule has 400 valence electrons. The molecule has 0 saturated carbocycles. The zero-order valence-corrected chi connectivity index (χ0v) is 43.6. The molecule has 0 spiro atoms. The summed E-state index contributed by atoms with van der Waals surface area (Å²) in [5.41, 5.74) is 5.21. The Morgan fingerprint density at radius 3 is 0.592 bits per heavy atom. The maximum Gasteiger partial charge on any atom is 0.327 e. The molecule has 0 saturated heterocycles. The fourth-order valence-corrected chi connectivity index (χ4v) is 6.61. The second kappa shape index (κ2) is 36.8. The molecule has 0 aromatic carbocycles. The van der Waals surface area contributed by atoms with E-state index in [-0.39, 0.29) is 46.8 Å². The van der Waals surface area contributed by atoms with Crippen molar-refractivity contribution in [3.63, 3.8) is 0 Å². The highest BCUT2D eigenvalue weighted by molar-refractivity contribution is 7.81. The molecule has 0 rings (SSSR count). The van der Waals surface area contributed by atoms with Gasteiger partial charge in [-0.2, -0.15) is 88.4 Å². The van der Waals surface area contributed by atoms with E-state index in [1.54, 1.807) is 0 Å². The monoisotopic (exact) mass is 1140 g/mol. The van der Waals surface area contributed by atoms with Gasteiger partial charge in [0.1, 0.15) is 42.3 Å². The lowest BCUT2D eigenvalue weighted by Crippen LogP contribution is -2.56. The highest BCUT2D eigenvalue weighted by atomic mass is 32.1. The number of amides is 13. The quantitative estimate of drug-likeness (QED) is 0.0266. The van der Waals surface area contributed by atoms with Crippen LogP contribution < -0.4 is 74.9 Å². The van der Waals surface area contributed by atoms with Gasteiger partial charge in [0.15, 0.2) is 0 Å². The van der Waals surface area contributed by atoms with E-state index in [1.165, 1.54) is 0 Å². The van der Waals surface area contributed by atoms with E-state index in [0.29, 0.717) is 0 Å². The van der Waals surface area contributed by atoms with Gasteiger partial charge in [-0.15, -0.1) is 0 Å². The summed E-state index contributed by atoms with van der Waals surface area (Å²) in [4.78, 5) is 172. The molecule has 0 heterocycles. The Bertz CT molecular complexity index is 1930. The van der Waals surface area contributed by atoms with Crippen LogP contribution in [0.5, 0.6) is 0 Å². The molecule has 0 aliphatic heterocycles. The first-order valence-corrected chi connectivity index (χ1v) is 24.9. The second-order valence-corrected chi connectivity index (χ2v) is 16.5. The molecule has 7 atom stereocenters. The molecular weight excluding hydrogens is 1080 g/mol. The molecule has 71 heavy (non-hydrogen) atoms. The number of carboxylic acids is 1. The molecule has 0 aliphatic carbocycles. The van der Waals surface area contributed by atoms with Crippen molar-refractivity contribution in [1.29, 1.82) is 0 Å². The zero-order valence-electron chi connectivity index (χ0n) is 37.3. The number of nitrogens with two attached hydrogens (primary N) is 1. The highest BCUT2D eigenvalue weighted by Gasteiger charge is 2.28. The van der Waals surface area contributed by atoms with Crippen molar-refractivity contribution in [2.24, 2.45) is 5.73 Å². The molecule has 29 nitrogen and oxygen atoms in total. The third kappa shape index (κ3) is 27.4. The minimum Gasteiger partial charge on any atom is -0.480 e. The second-order valence-electron chi connectivity index (χ2n) is 14.0. The van der Waals surface area contributed by atoms with Gasteiger partial charge in [-0.1, -0.05) is 0 Å². The van der Waals surface area contributed by atoms with Gasteiger partial charge in [0.2, 0.25) is 76.8 Å². The maximum atomic E-state index is 12.8. The first-order chi connectivity index (χ1) is 33.5. The average Bonchev–Trinajstić information content (AvgIpc) is 3.35. The third-order valence-corrected chi connectivity index (χ3v) is 11.1. The molecule has 0 aliphatic rings. The number of carboxylic acid groups (broad SMARTS) is 1. The van der Waals surface area contributed by atoms with Gasteiger partial charge >= 0.3 is 5.97 Å². The largest absolute Gasteiger partial charge is 0.480 e. The minimum atomic E-state index is -1.34. The Morgan fingerprint density at radius 1 is 0.296 bits per heavy atom. The van der Waals surface area contributed by atoms with Crippen LogP contribution in [0.4, 0.5) is 0 Å². The van der Waals surface area contributed by atoms with E-state index < -0.39 is 164 Å². The van der Waals surface area contributed by atoms with Gasteiger partial charge < -0.3 is 80.0 Å². The van der Waals surface area contributed by atoms with E-state index >= 15 is 0 Å². The first kappa shape index (κ1) is 66.0. The summed E-state index contributed by atoms with van der Waals surface area (Å²) in [6.07, 6.45) is 0. The Morgan fingerprint density at radius 2 is 0.451 bits per heavy atom. The Hall–Kier alpha value is -5.01. The summed E-state index contributed by atoms with van der Waals surface area (Å²) in [7, 11) is 0. The summed E-state index contributed by atoms with van der Waals surface area (Å²) in [5, 5.41) is 38.4. The smallest absolute Gasteiger partial charge is 0.327 e. The summed E-state index contributed by atoms with van der Waals surface area (Å²) in [6.45, 7) is -4.38. The number of hydrogen-bond donors (Lipinski definition) is 22. The van der Waals surface area contributed by atoms with Crippen molar-refractivity contribution in [2.45, 2.75) is 42.3 Å². The molecule has 36 heteroatoms. The van der Waals surface area contributed by atoms with E-state index in [1.807, 2.05) is 0 Å². The average molecular weight is 1140 g/mol. The molecule has 0 unspecified atom stereocenters. The fourth-order valence-electron chi connectivity index (χ4n) is 4.82. The predicted octanol–water partition coefficient (Wildman–Crippen LogP) is -10.4. The molecule has 0 aromatic rings. The van der Waals surface area contributed by atoms with Gasteiger partial charge in [0.25, 0.3) is 0 Å². The van der Waals surface area contributed by atoms with Crippen molar-refractivity contribution >= 4 is 171 Å².